The molecule has 19 nitrogen and oxygen atoms in total. The van der Waals surface area contributed by atoms with Gasteiger partial charge in [-0.05, 0) is 131 Å². The van der Waals surface area contributed by atoms with Crippen molar-refractivity contribution in [2.75, 3.05) is 58.1 Å². The molecule has 432 valence electrons. The molecule has 0 aromatic heterocycles. The monoisotopic (exact) mass is 1110 g/mol. The second-order valence-corrected chi connectivity index (χ2v) is 21.4. The van der Waals surface area contributed by atoms with Crippen LogP contribution in [0, 0.1) is 19.3 Å². The number of carbonyl (C=O) groups excluding carboxylic acids is 10. The van der Waals surface area contributed by atoms with E-state index in [-0.39, 0.29) is 73.1 Å². The molecule has 3 atom stereocenters. The van der Waals surface area contributed by atoms with Crippen LogP contribution in [0.25, 0.3) is 0 Å². The lowest BCUT2D eigenvalue weighted by molar-refractivity contribution is -0.164. The Morgan fingerprint density at radius 2 is 1.43 bits per heavy atom. The Morgan fingerprint density at radius 1 is 0.738 bits per heavy atom. The molecular formula is C61H78N4O15. The van der Waals surface area contributed by atoms with Crippen LogP contribution in [0.4, 0.5) is 5.69 Å². The van der Waals surface area contributed by atoms with Crippen LogP contribution in [0.3, 0.4) is 0 Å². The van der Waals surface area contributed by atoms with E-state index >= 15 is 0 Å². The Hall–Kier alpha value is -6.96. The third-order valence-corrected chi connectivity index (χ3v) is 15.0. The van der Waals surface area contributed by atoms with Crippen molar-refractivity contribution in [1.29, 1.82) is 0 Å². The third kappa shape index (κ3) is 17.8. The Morgan fingerprint density at radius 3 is 2.11 bits per heavy atom. The minimum Gasteiger partial charge on any atom is -0.485 e. The topological polar surface area (TPSA) is 247 Å². The Kier molecular flexibility index (Phi) is 23.8. The number of benzene rings is 3. The fourth-order valence-corrected chi connectivity index (χ4v) is 9.62. The Bertz CT molecular complexity index is 2740. The summed E-state index contributed by atoms with van der Waals surface area (Å²) in [4.78, 5) is 132. The molecule has 3 heterocycles. The zero-order chi connectivity index (χ0) is 57.8. The van der Waals surface area contributed by atoms with Crippen LogP contribution in [0.15, 0.2) is 60.7 Å². The van der Waals surface area contributed by atoms with Crippen molar-refractivity contribution >= 4 is 64.4 Å². The number of unbranched alkanes of at least 4 members (excludes halogenated alkanes) is 2. The number of piperidine rings is 2. The highest BCUT2D eigenvalue weighted by Crippen LogP contribution is 2.35. The summed E-state index contributed by atoms with van der Waals surface area (Å²) in [5.74, 6) is -4.75. The van der Waals surface area contributed by atoms with Crippen LogP contribution in [0.5, 0.6) is 5.75 Å². The molecule has 0 bridgehead atoms. The summed E-state index contributed by atoms with van der Waals surface area (Å²) < 4.78 is 28.8. The maximum atomic E-state index is 14.0. The number of ketones is 3. The normalized spacial score (nSPS) is 16.7. The molecule has 2 N–H and O–H groups in total. The molecule has 2 saturated heterocycles. The molecule has 0 radical (unpaired) electrons. The quantitative estimate of drug-likeness (QED) is 0.0258. The van der Waals surface area contributed by atoms with Crippen LogP contribution in [0.2, 0.25) is 0 Å². The number of amides is 6. The number of Topliss-reactive ketones (excluding diaryl/α,β-unsaturated/α-hetero) is 3. The molecule has 6 amide bonds. The van der Waals surface area contributed by atoms with Crippen molar-refractivity contribution < 1.29 is 71.6 Å². The van der Waals surface area contributed by atoms with Gasteiger partial charge < -0.3 is 33.9 Å². The lowest BCUT2D eigenvalue weighted by atomic mass is 9.84. The third-order valence-electron chi connectivity index (χ3n) is 15.0. The van der Waals surface area contributed by atoms with Gasteiger partial charge in [-0.1, -0.05) is 57.2 Å². The van der Waals surface area contributed by atoms with Gasteiger partial charge in [0.1, 0.15) is 36.3 Å². The summed E-state index contributed by atoms with van der Waals surface area (Å²) in [5, 5.41) is 5.06. The van der Waals surface area contributed by atoms with E-state index in [1.165, 1.54) is 28.7 Å². The average molecular weight is 1110 g/mol. The zero-order valence-corrected chi connectivity index (χ0v) is 47.0. The highest BCUT2D eigenvalue weighted by Gasteiger charge is 2.46. The lowest BCUT2D eigenvalue weighted by Gasteiger charge is -2.36. The molecule has 6 rings (SSSR count). The number of imide groups is 2. The zero-order valence-electron chi connectivity index (χ0n) is 47.0. The number of aryl methyl sites for hydroxylation is 3. The number of esters is 1. The Balaban J connectivity index is 0.811. The molecule has 1 unspecified atom stereocenters. The van der Waals surface area contributed by atoms with Crippen LogP contribution < -0.4 is 15.4 Å². The molecule has 3 aromatic rings. The summed E-state index contributed by atoms with van der Waals surface area (Å²) in [7, 11) is 0. The van der Waals surface area contributed by atoms with Crippen molar-refractivity contribution in [1.82, 2.24) is 15.1 Å². The molecule has 80 heavy (non-hydrogen) atoms. The van der Waals surface area contributed by atoms with Crippen molar-refractivity contribution in [2.45, 2.75) is 156 Å². The maximum absolute atomic E-state index is 14.0. The maximum Gasteiger partial charge on any atom is 0.329 e. The first-order valence-electron chi connectivity index (χ1n) is 28.1. The van der Waals surface area contributed by atoms with Gasteiger partial charge >= 0.3 is 5.97 Å². The van der Waals surface area contributed by atoms with E-state index in [1.807, 2.05) is 26.8 Å². The van der Waals surface area contributed by atoms with Crippen molar-refractivity contribution in [3.05, 3.63) is 94.0 Å². The number of hydrogen-bond acceptors (Lipinski definition) is 15. The van der Waals surface area contributed by atoms with Crippen molar-refractivity contribution in [2.24, 2.45) is 5.41 Å². The van der Waals surface area contributed by atoms with E-state index in [9.17, 15) is 47.9 Å². The van der Waals surface area contributed by atoms with Gasteiger partial charge in [-0.25, -0.2) is 4.79 Å². The van der Waals surface area contributed by atoms with Gasteiger partial charge in [0.25, 0.3) is 17.7 Å². The molecule has 0 spiro atoms. The van der Waals surface area contributed by atoms with E-state index in [1.54, 1.807) is 32.0 Å². The summed E-state index contributed by atoms with van der Waals surface area (Å²) in [6, 6.07) is 15.8. The summed E-state index contributed by atoms with van der Waals surface area (Å²) in [5.41, 5.74) is 3.76. The van der Waals surface area contributed by atoms with E-state index in [0.717, 1.165) is 22.4 Å². The second kappa shape index (κ2) is 30.6. The fourth-order valence-electron chi connectivity index (χ4n) is 9.62. The van der Waals surface area contributed by atoms with E-state index in [4.69, 9.17) is 23.7 Å². The number of nitrogens with zero attached hydrogens (tertiary/aromatic N) is 2. The molecular weight excluding hydrogens is 1030 g/mol. The number of rotatable bonds is 33. The average Bonchev–Trinajstić information content (AvgIpc) is 3.70. The summed E-state index contributed by atoms with van der Waals surface area (Å²) in [6.45, 7) is 11.8. The highest BCUT2D eigenvalue weighted by atomic mass is 16.5. The molecule has 0 saturated carbocycles. The molecule has 3 aliphatic heterocycles. The predicted molar refractivity (Wildman–Crippen MR) is 295 cm³/mol. The van der Waals surface area contributed by atoms with E-state index in [2.05, 4.69) is 28.8 Å². The molecule has 19 heteroatoms. The van der Waals surface area contributed by atoms with Gasteiger partial charge in [-0.3, -0.25) is 53.4 Å². The van der Waals surface area contributed by atoms with Crippen LogP contribution in [-0.2, 0) is 63.7 Å². The molecule has 3 aromatic carbocycles. The number of anilines is 1. The first-order chi connectivity index (χ1) is 38.4. The van der Waals surface area contributed by atoms with Crippen LogP contribution in [0.1, 0.15) is 166 Å². The summed E-state index contributed by atoms with van der Waals surface area (Å²) in [6.07, 6.45) is 5.73. The van der Waals surface area contributed by atoms with Gasteiger partial charge in [0.05, 0.1) is 37.6 Å². The lowest BCUT2D eigenvalue weighted by Crippen LogP contribution is -2.54. The minimum absolute atomic E-state index is 0.00477. The van der Waals surface area contributed by atoms with Gasteiger partial charge in [-0.2, -0.15) is 0 Å². The van der Waals surface area contributed by atoms with Gasteiger partial charge in [0.15, 0.2) is 5.78 Å². The smallest absolute Gasteiger partial charge is 0.329 e. The molecule has 0 aliphatic carbocycles. The van der Waals surface area contributed by atoms with Crippen molar-refractivity contribution in [3.63, 3.8) is 0 Å². The van der Waals surface area contributed by atoms with Gasteiger partial charge in [-0.15, -0.1) is 0 Å². The first kappa shape index (κ1) is 62.2. The van der Waals surface area contributed by atoms with Crippen LogP contribution in [-0.4, -0.2) is 133 Å². The fraction of sp³-hybridized carbons (Fsp3) is 0.541. The number of carbonyl (C=O) groups is 10. The Labute approximate surface area is 468 Å². The van der Waals surface area contributed by atoms with Gasteiger partial charge in [0.2, 0.25) is 23.5 Å². The largest absolute Gasteiger partial charge is 0.485 e. The number of nitrogens with one attached hydrogen (secondary N) is 2. The SMILES string of the molecule is CCC(C)(C)C(=O)C(=O)N1CCCC[C@H]1C(=O)O[C@H](CCc1ccc(C)c(C)c1)c1cccc(NC(=O)CCC(=O)CCCCOCCOCCOCCCCC(=O)COc2cccc3c2C(=O)N(C2CCC(=O)NC2=O)C3=O)c1. The number of fused-ring (bicyclic) bond motifs is 1. The first-order valence-corrected chi connectivity index (χ1v) is 28.1. The van der Waals surface area contributed by atoms with Gasteiger partial charge in [0, 0.05) is 63.0 Å². The van der Waals surface area contributed by atoms with Crippen molar-refractivity contribution in [3.8, 4) is 5.75 Å². The summed E-state index contributed by atoms with van der Waals surface area (Å²) >= 11 is 0. The standard InChI is InChI=1S/C61H78N4O15/c1-6-61(4,5)55(70)59(74)64-30-10-7-20-49(64)60(75)80-50(27-24-42-23-22-40(2)41(3)37-42)43-15-13-16-44(38-43)62-52(68)28-25-45(66)17-8-11-31-76-33-35-78-36-34-77-32-12-9-18-46(67)39-79-51-21-14-19-47-54(51)58(73)65(57(47)72)48-26-29-53(69)63-56(48)71/h13-16,19,21-23,37-38,48-50H,6-12,17-18,20,24-36,39H2,1-5H3,(H,62,68)(H,63,69,71)/t48?,49-,50+/m0/s1. The van der Waals surface area contributed by atoms with E-state index < -0.39 is 64.9 Å². The second-order valence-electron chi connectivity index (χ2n) is 21.4. The molecule has 3 aliphatic rings. The number of ether oxygens (including phenoxy) is 5. The molecule has 2 fully saturated rings. The number of likely N-dealkylation sites (tertiary alicyclic amines) is 1. The highest BCUT2D eigenvalue weighted by molar-refractivity contribution is 6.38. The minimum atomic E-state index is -1.10. The van der Waals surface area contributed by atoms with E-state index in [0.29, 0.717) is 122 Å². The van der Waals surface area contributed by atoms with Crippen LogP contribution >= 0.6 is 0 Å². The predicted octanol–water partition coefficient (Wildman–Crippen LogP) is 7.63. The number of hydrogen-bond donors (Lipinski definition) is 2.